The molecule has 0 bridgehead atoms. The average Bonchev–Trinajstić information content (AvgIpc) is 2.80. The quantitative estimate of drug-likeness (QED) is 0.865. The third kappa shape index (κ3) is 2.78. The summed E-state index contributed by atoms with van der Waals surface area (Å²) in [7, 11) is 0. The number of hydrogen-bond acceptors (Lipinski definition) is 3. The molecule has 22 heavy (non-hydrogen) atoms. The van der Waals surface area contributed by atoms with E-state index in [1.807, 2.05) is 0 Å². The van der Waals surface area contributed by atoms with E-state index in [-0.39, 0.29) is 12.8 Å². The van der Waals surface area contributed by atoms with E-state index in [1.54, 1.807) is 0 Å². The Kier molecular flexibility index (Phi) is 4.14. The van der Waals surface area contributed by atoms with Crippen LogP contribution in [-0.2, 0) is 10.7 Å². The first-order valence-corrected chi connectivity index (χ1v) is 6.46. The van der Waals surface area contributed by atoms with Crippen LogP contribution in [0.3, 0.4) is 0 Å². The van der Waals surface area contributed by atoms with Crippen LogP contribution in [0, 0.1) is 11.9 Å². The zero-order valence-electron chi connectivity index (χ0n) is 11.1. The first-order chi connectivity index (χ1) is 10.1. The van der Waals surface area contributed by atoms with E-state index in [4.69, 9.17) is 5.73 Å². The summed E-state index contributed by atoms with van der Waals surface area (Å²) in [4.78, 5) is 13.9. The molecule has 0 saturated heterocycles. The van der Waals surface area contributed by atoms with Gasteiger partial charge in [0.05, 0.1) is 0 Å². The van der Waals surface area contributed by atoms with Gasteiger partial charge >= 0.3 is 12.1 Å². The minimum atomic E-state index is -5.96. The SMILES string of the molecule is NC(=O)C1CCCCC1c1oc(C(F)(F)C(F)(F)F)nc1F. The predicted molar refractivity (Wildman–Crippen MR) is 60.3 cm³/mol. The Hall–Kier alpha value is -1.74. The summed E-state index contributed by atoms with van der Waals surface area (Å²) in [6.07, 6.45) is -4.33. The highest BCUT2D eigenvalue weighted by Gasteiger charge is 2.63. The summed E-state index contributed by atoms with van der Waals surface area (Å²) in [5.41, 5.74) is 5.16. The number of carbonyl (C=O) groups is 1. The molecule has 0 spiro atoms. The molecule has 1 fully saturated rings. The molecule has 1 heterocycles. The van der Waals surface area contributed by atoms with Crippen LogP contribution in [0.1, 0.15) is 43.3 Å². The summed E-state index contributed by atoms with van der Waals surface area (Å²) in [5.74, 6) is -12.5. The van der Waals surface area contributed by atoms with Gasteiger partial charge in [0.25, 0.3) is 11.8 Å². The molecule has 0 aliphatic heterocycles. The smallest absolute Gasteiger partial charge is 0.436 e. The van der Waals surface area contributed by atoms with E-state index in [0.29, 0.717) is 12.8 Å². The lowest BCUT2D eigenvalue weighted by Gasteiger charge is -2.27. The van der Waals surface area contributed by atoms with Gasteiger partial charge in [0.2, 0.25) is 5.91 Å². The molecular formula is C12H12F6N2O2. The fourth-order valence-corrected chi connectivity index (χ4v) is 2.58. The summed E-state index contributed by atoms with van der Waals surface area (Å²) in [5, 5.41) is 0. The maximum absolute atomic E-state index is 13.7. The summed E-state index contributed by atoms with van der Waals surface area (Å²) < 4.78 is 81.1. The van der Waals surface area contributed by atoms with Gasteiger partial charge in [0.15, 0.2) is 5.76 Å². The Bertz CT molecular complexity index is 568. The van der Waals surface area contributed by atoms with Crippen molar-refractivity contribution >= 4 is 5.91 Å². The van der Waals surface area contributed by atoms with Crippen LogP contribution in [0.4, 0.5) is 26.3 Å². The molecule has 2 rings (SSSR count). The van der Waals surface area contributed by atoms with E-state index in [1.165, 1.54) is 0 Å². The summed E-state index contributed by atoms with van der Waals surface area (Å²) in [6, 6.07) is 0. The Morgan fingerprint density at radius 3 is 2.32 bits per heavy atom. The number of aromatic nitrogens is 1. The van der Waals surface area contributed by atoms with Crippen LogP contribution in [0.15, 0.2) is 4.42 Å². The second kappa shape index (κ2) is 5.47. The standard InChI is InChI=1S/C12H12F6N2O2/c13-8-7(5-3-1-2-4-6(5)9(19)21)22-10(20-8)11(14,15)12(16,17)18/h5-6H,1-4H2,(H2,19,21). The van der Waals surface area contributed by atoms with Gasteiger partial charge in [-0.05, 0) is 12.8 Å². The lowest BCUT2D eigenvalue weighted by Crippen LogP contribution is -2.34. The monoisotopic (exact) mass is 330 g/mol. The number of oxazole rings is 1. The molecule has 2 unspecified atom stereocenters. The van der Waals surface area contributed by atoms with Gasteiger partial charge in [-0.2, -0.15) is 31.3 Å². The maximum atomic E-state index is 13.7. The topological polar surface area (TPSA) is 69.1 Å². The molecule has 1 saturated carbocycles. The zero-order chi connectivity index (χ0) is 16.7. The molecule has 1 aliphatic carbocycles. The molecule has 10 heteroatoms. The fourth-order valence-electron chi connectivity index (χ4n) is 2.58. The van der Waals surface area contributed by atoms with Crippen molar-refractivity contribution in [2.45, 2.75) is 43.7 Å². The third-order valence-electron chi connectivity index (χ3n) is 3.70. The molecule has 1 aromatic rings. The predicted octanol–water partition coefficient (Wildman–Crippen LogP) is 3.23. The summed E-state index contributed by atoms with van der Waals surface area (Å²) >= 11 is 0. The van der Waals surface area contributed by atoms with Gasteiger partial charge in [-0.1, -0.05) is 12.8 Å². The highest BCUT2D eigenvalue weighted by Crippen LogP contribution is 2.46. The van der Waals surface area contributed by atoms with Crippen molar-refractivity contribution in [1.29, 1.82) is 0 Å². The average molecular weight is 330 g/mol. The van der Waals surface area contributed by atoms with E-state index in [0.717, 1.165) is 0 Å². The number of carbonyl (C=O) groups excluding carboxylic acids is 1. The lowest BCUT2D eigenvalue weighted by molar-refractivity contribution is -0.297. The molecule has 1 aliphatic rings. The normalized spacial score (nSPS) is 23.5. The third-order valence-corrected chi connectivity index (χ3v) is 3.70. The molecular weight excluding hydrogens is 318 g/mol. The number of rotatable bonds is 3. The Morgan fingerprint density at radius 2 is 1.77 bits per heavy atom. The second-order valence-electron chi connectivity index (χ2n) is 5.15. The van der Waals surface area contributed by atoms with Crippen molar-refractivity contribution in [3.63, 3.8) is 0 Å². The van der Waals surface area contributed by atoms with Crippen molar-refractivity contribution in [3.05, 3.63) is 17.6 Å². The molecule has 0 aromatic carbocycles. The van der Waals surface area contributed by atoms with Crippen LogP contribution >= 0.6 is 0 Å². The Labute approximate surface area is 120 Å². The van der Waals surface area contributed by atoms with Crippen LogP contribution in [0.5, 0.6) is 0 Å². The zero-order valence-corrected chi connectivity index (χ0v) is 11.1. The van der Waals surface area contributed by atoms with Crippen molar-refractivity contribution in [3.8, 4) is 0 Å². The van der Waals surface area contributed by atoms with Crippen LogP contribution in [0.2, 0.25) is 0 Å². The van der Waals surface area contributed by atoms with Gasteiger partial charge < -0.3 is 10.2 Å². The molecule has 0 radical (unpaired) electrons. The van der Waals surface area contributed by atoms with Crippen molar-refractivity contribution < 1.29 is 35.6 Å². The maximum Gasteiger partial charge on any atom is 0.463 e. The van der Waals surface area contributed by atoms with Crippen molar-refractivity contribution in [2.75, 3.05) is 0 Å². The van der Waals surface area contributed by atoms with Gasteiger partial charge in [-0.3, -0.25) is 4.79 Å². The molecule has 2 N–H and O–H groups in total. The molecule has 124 valence electrons. The van der Waals surface area contributed by atoms with Gasteiger partial charge in [0.1, 0.15) is 0 Å². The van der Waals surface area contributed by atoms with Crippen molar-refractivity contribution in [2.24, 2.45) is 11.7 Å². The van der Waals surface area contributed by atoms with E-state index in [2.05, 4.69) is 9.40 Å². The number of alkyl halides is 5. The highest BCUT2D eigenvalue weighted by molar-refractivity contribution is 5.77. The van der Waals surface area contributed by atoms with E-state index in [9.17, 15) is 31.1 Å². The van der Waals surface area contributed by atoms with Crippen LogP contribution in [0.25, 0.3) is 0 Å². The Balaban J connectivity index is 2.39. The van der Waals surface area contributed by atoms with Gasteiger partial charge in [-0.25, -0.2) is 0 Å². The van der Waals surface area contributed by atoms with Gasteiger partial charge in [-0.15, -0.1) is 0 Å². The first kappa shape index (κ1) is 16.6. The van der Waals surface area contributed by atoms with Gasteiger partial charge in [0, 0.05) is 11.8 Å². The molecule has 1 aromatic heterocycles. The molecule has 2 atom stereocenters. The van der Waals surface area contributed by atoms with Crippen LogP contribution < -0.4 is 5.73 Å². The number of halogens is 6. The largest absolute Gasteiger partial charge is 0.463 e. The molecule has 4 nitrogen and oxygen atoms in total. The van der Waals surface area contributed by atoms with E-state index >= 15 is 0 Å². The fraction of sp³-hybridized carbons (Fsp3) is 0.667. The minimum absolute atomic E-state index is 0.191. The number of nitrogens with zero attached hydrogens (tertiary/aromatic N) is 1. The van der Waals surface area contributed by atoms with E-state index < -0.39 is 47.4 Å². The number of amides is 1. The minimum Gasteiger partial charge on any atom is -0.436 e. The number of hydrogen-bond donors (Lipinski definition) is 1. The lowest BCUT2D eigenvalue weighted by atomic mass is 9.77. The highest BCUT2D eigenvalue weighted by atomic mass is 19.4. The first-order valence-electron chi connectivity index (χ1n) is 6.46. The second-order valence-corrected chi connectivity index (χ2v) is 5.15. The summed E-state index contributed by atoms with van der Waals surface area (Å²) in [6.45, 7) is 0. The number of primary amides is 1. The number of nitrogens with two attached hydrogens (primary N) is 1. The molecule has 1 amide bonds. The Morgan fingerprint density at radius 1 is 1.18 bits per heavy atom. The van der Waals surface area contributed by atoms with Crippen LogP contribution in [-0.4, -0.2) is 17.1 Å². The van der Waals surface area contributed by atoms with Crippen molar-refractivity contribution in [1.82, 2.24) is 4.98 Å².